The maximum atomic E-state index is 12.7. The highest BCUT2D eigenvalue weighted by Gasteiger charge is 2.31. The normalized spacial score (nSPS) is 19.2. The molecule has 1 aromatic carbocycles. The van der Waals surface area contributed by atoms with E-state index >= 15 is 0 Å². The number of aryl methyl sites for hydroxylation is 1. The number of nitrogens with one attached hydrogen (secondary N) is 1. The van der Waals surface area contributed by atoms with Crippen LogP contribution in [0.4, 0.5) is 0 Å². The van der Waals surface area contributed by atoms with Crippen molar-refractivity contribution in [1.29, 1.82) is 0 Å². The Morgan fingerprint density at radius 2 is 1.90 bits per heavy atom. The van der Waals surface area contributed by atoms with Gasteiger partial charge in [0.1, 0.15) is 4.32 Å². The van der Waals surface area contributed by atoms with Gasteiger partial charge < -0.3 is 5.32 Å². The minimum Gasteiger partial charge on any atom is -0.353 e. The summed E-state index contributed by atoms with van der Waals surface area (Å²) in [7, 11) is 0. The molecule has 6 heteroatoms. The Balaban J connectivity index is 1.38. The van der Waals surface area contributed by atoms with E-state index < -0.39 is 0 Å². The monoisotopic (exact) mass is 430 g/mol. The summed E-state index contributed by atoms with van der Waals surface area (Å²) in [5.74, 6) is 0.166. The predicted octanol–water partition coefficient (Wildman–Crippen LogP) is 5.21. The van der Waals surface area contributed by atoms with Crippen molar-refractivity contribution in [1.82, 2.24) is 10.2 Å². The molecule has 1 aromatic rings. The van der Waals surface area contributed by atoms with Gasteiger partial charge in [-0.15, -0.1) is 0 Å². The van der Waals surface area contributed by atoms with Crippen LogP contribution in [0.2, 0.25) is 0 Å². The molecule has 0 aromatic heterocycles. The molecule has 2 amide bonds. The fraction of sp³-hybridized carbons (Fsp3) is 0.522. The number of thiocarbonyl (C=S) groups is 1. The average Bonchev–Trinajstić information content (AvgIpc) is 2.97. The third-order valence-corrected chi connectivity index (χ3v) is 6.88. The molecule has 1 N–H and O–H groups in total. The summed E-state index contributed by atoms with van der Waals surface area (Å²) >= 11 is 6.78. The van der Waals surface area contributed by atoms with E-state index in [1.54, 1.807) is 4.90 Å². The molecule has 0 bridgehead atoms. The lowest BCUT2D eigenvalue weighted by atomic mass is 9.95. The van der Waals surface area contributed by atoms with Crippen LogP contribution in [0.25, 0.3) is 6.08 Å². The molecule has 156 valence electrons. The summed E-state index contributed by atoms with van der Waals surface area (Å²) in [6.07, 6.45) is 11.1. The van der Waals surface area contributed by atoms with Gasteiger partial charge in [0.05, 0.1) is 4.91 Å². The molecule has 1 aliphatic carbocycles. The summed E-state index contributed by atoms with van der Waals surface area (Å²) in [5, 5.41) is 3.16. The lowest BCUT2D eigenvalue weighted by Crippen LogP contribution is -2.36. The van der Waals surface area contributed by atoms with Crippen LogP contribution in [0.1, 0.15) is 68.9 Å². The number of thioether (sulfide) groups is 1. The number of rotatable bonds is 8. The number of benzene rings is 1. The van der Waals surface area contributed by atoms with E-state index in [-0.39, 0.29) is 11.8 Å². The standard InChI is InChI=1S/C23H30N2O2S2/c1-17-11-13-18(14-12-17)16-20-22(27)25(23(28)29-20)15-7-3-6-10-21(26)24-19-8-4-2-5-9-19/h11-14,16,19H,2-10,15H2,1H3,(H,24,26). The van der Waals surface area contributed by atoms with Crippen molar-refractivity contribution in [2.75, 3.05) is 6.54 Å². The van der Waals surface area contributed by atoms with Crippen LogP contribution in [0.3, 0.4) is 0 Å². The van der Waals surface area contributed by atoms with Gasteiger partial charge in [-0.2, -0.15) is 0 Å². The van der Waals surface area contributed by atoms with Crippen LogP contribution in [0.15, 0.2) is 29.2 Å². The van der Waals surface area contributed by atoms with E-state index in [4.69, 9.17) is 12.2 Å². The summed E-state index contributed by atoms with van der Waals surface area (Å²) in [6.45, 7) is 2.67. The van der Waals surface area contributed by atoms with Crippen LogP contribution < -0.4 is 5.32 Å². The van der Waals surface area contributed by atoms with Crippen LogP contribution in [0, 0.1) is 6.92 Å². The van der Waals surface area contributed by atoms with Crippen LogP contribution in [-0.4, -0.2) is 33.6 Å². The number of carbonyl (C=O) groups excluding carboxylic acids is 2. The van der Waals surface area contributed by atoms with E-state index in [0.29, 0.717) is 28.2 Å². The quantitative estimate of drug-likeness (QED) is 0.350. The smallest absolute Gasteiger partial charge is 0.266 e. The van der Waals surface area contributed by atoms with Gasteiger partial charge in [-0.05, 0) is 44.2 Å². The number of amides is 2. The van der Waals surface area contributed by atoms with Gasteiger partial charge in [-0.25, -0.2) is 0 Å². The van der Waals surface area contributed by atoms with Crippen molar-refractivity contribution < 1.29 is 9.59 Å². The number of carbonyl (C=O) groups is 2. The van der Waals surface area contributed by atoms with Gasteiger partial charge in [-0.3, -0.25) is 14.5 Å². The third-order valence-electron chi connectivity index (χ3n) is 5.50. The van der Waals surface area contributed by atoms with Gasteiger partial charge in [0.2, 0.25) is 5.91 Å². The van der Waals surface area contributed by atoms with Gasteiger partial charge in [0.15, 0.2) is 0 Å². The van der Waals surface area contributed by atoms with Crippen molar-refractivity contribution in [2.24, 2.45) is 0 Å². The Hall–Kier alpha value is -1.66. The van der Waals surface area contributed by atoms with E-state index in [1.807, 2.05) is 37.3 Å². The van der Waals surface area contributed by atoms with Crippen LogP contribution in [-0.2, 0) is 9.59 Å². The summed E-state index contributed by atoms with van der Waals surface area (Å²) in [6, 6.07) is 8.49. The lowest BCUT2D eigenvalue weighted by molar-refractivity contribution is -0.123. The molecule has 1 saturated carbocycles. The van der Waals surface area contributed by atoms with Gasteiger partial charge in [0.25, 0.3) is 5.91 Å². The second kappa shape index (κ2) is 10.9. The molecule has 4 nitrogen and oxygen atoms in total. The summed E-state index contributed by atoms with van der Waals surface area (Å²) in [4.78, 5) is 27.1. The zero-order chi connectivity index (χ0) is 20.6. The molecular weight excluding hydrogens is 400 g/mol. The fourth-order valence-corrected chi connectivity index (χ4v) is 5.09. The van der Waals surface area contributed by atoms with Gasteiger partial charge >= 0.3 is 0 Å². The molecular formula is C23H30N2O2S2. The minimum absolute atomic E-state index is 0.00406. The maximum Gasteiger partial charge on any atom is 0.266 e. The van der Waals surface area contributed by atoms with E-state index in [0.717, 1.165) is 37.7 Å². The zero-order valence-electron chi connectivity index (χ0n) is 17.1. The Morgan fingerprint density at radius 1 is 1.17 bits per heavy atom. The first-order valence-electron chi connectivity index (χ1n) is 10.6. The SMILES string of the molecule is Cc1ccc(C=C2SC(=S)N(CCCCCC(=O)NC3CCCCC3)C2=O)cc1. The van der Waals surface area contributed by atoms with Gasteiger partial charge in [-0.1, -0.05) is 79.5 Å². The molecule has 0 spiro atoms. The first-order chi connectivity index (χ1) is 14.0. The molecule has 1 aliphatic heterocycles. The number of nitrogens with zero attached hydrogens (tertiary/aromatic N) is 1. The number of hydrogen-bond acceptors (Lipinski definition) is 4. The van der Waals surface area contributed by atoms with Gasteiger partial charge in [0, 0.05) is 19.0 Å². The topological polar surface area (TPSA) is 49.4 Å². The Morgan fingerprint density at radius 3 is 2.62 bits per heavy atom. The Kier molecular flexibility index (Phi) is 8.30. The molecule has 1 heterocycles. The first kappa shape index (κ1) is 22.0. The second-order valence-corrected chi connectivity index (χ2v) is 9.63. The lowest BCUT2D eigenvalue weighted by Gasteiger charge is -2.22. The van der Waals surface area contributed by atoms with Crippen molar-refractivity contribution >= 4 is 46.2 Å². The largest absolute Gasteiger partial charge is 0.353 e. The number of unbranched alkanes of at least 4 members (excludes halogenated alkanes) is 2. The van der Waals surface area contributed by atoms with E-state index in [2.05, 4.69) is 5.32 Å². The predicted molar refractivity (Wildman–Crippen MR) is 125 cm³/mol. The Labute approximate surface area is 183 Å². The molecule has 2 fully saturated rings. The molecule has 0 unspecified atom stereocenters. The Bertz CT molecular complexity index is 768. The molecule has 0 radical (unpaired) electrons. The fourth-order valence-electron chi connectivity index (χ4n) is 3.79. The summed E-state index contributed by atoms with van der Waals surface area (Å²) < 4.78 is 0.628. The third kappa shape index (κ3) is 6.68. The highest BCUT2D eigenvalue weighted by atomic mass is 32.2. The highest BCUT2D eigenvalue weighted by molar-refractivity contribution is 8.26. The zero-order valence-corrected chi connectivity index (χ0v) is 18.7. The number of hydrogen-bond donors (Lipinski definition) is 1. The molecule has 29 heavy (non-hydrogen) atoms. The van der Waals surface area contributed by atoms with Crippen molar-refractivity contribution in [3.8, 4) is 0 Å². The average molecular weight is 431 g/mol. The maximum absolute atomic E-state index is 12.7. The molecule has 0 atom stereocenters. The van der Waals surface area contributed by atoms with Crippen molar-refractivity contribution in [3.05, 3.63) is 40.3 Å². The van der Waals surface area contributed by atoms with Crippen LogP contribution >= 0.6 is 24.0 Å². The first-order valence-corrected chi connectivity index (χ1v) is 11.9. The minimum atomic E-state index is -0.00406. The van der Waals surface area contributed by atoms with Crippen molar-refractivity contribution in [3.63, 3.8) is 0 Å². The van der Waals surface area contributed by atoms with E-state index in [9.17, 15) is 9.59 Å². The highest BCUT2D eigenvalue weighted by Crippen LogP contribution is 2.32. The molecule has 2 aliphatic rings. The summed E-state index contributed by atoms with van der Waals surface area (Å²) in [5.41, 5.74) is 2.21. The second-order valence-electron chi connectivity index (χ2n) is 7.96. The van der Waals surface area contributed by atoms with Crippen LogP contribution in [0.5, 0.6) is 0 Å². The molecule has 1 saturated heterocycles. The van der Waals surface area contributed by atoms with Crippen molar-refractivity contribution in [2.45, 2.75) is 70.8 Å². The van der Waals surface area contributed by atoms with E-state index in [1.165, 1.54) is 36.6 Å². The molecule has 3 rings (SSSR count).